The third-order valence-electron chi connectivity index (χ3n) is 5.81. The van der Waals surface area contributed by atoms with Gasteiger partial charge < -0.3 is 20.1 Å². The van der Waals surface area contributed by atoms with Gasteiger partial charge in [-0.15, -0.1) is 0 Å². The first kappa shape index (κ1) is 22.4. The Balaban J connectivity index is 0.000000601. The quantitative estimate of drug-likeness (QED) is 0.609. The first-order valence-electron chi connectivity index (χ1n) is 11.1. The van der Waals surface area contributed by atoms with Crippen LogP contribution in [0.5, 0.6) is 5.75 Å². The molecule has 6 nitrogen and oxygen atoms in total. The van der Waals surface area contributed by atoms with Crippen molar-refractivity contribution in [2.75, 3.05) is 12.4 Å². The molecule has 0 unspecified atom stereocenters. The summed E-state index contributed by atoms with van der Waals surface area (Å²) in [5.74, 6) is 1.03. The van der Waals surface area contributed by atoms with Gasteiger partial charge in [-0.2, -0.15) is 0 Å². The molecule has 0 radical (unpaired) electrons. The van der Waals surface area contributed by atoms with E-state index in [2.05, 4.69) is 70.9 Å². The van der Waals surface area contributed by atoms with Crippen LogP contribution >= 0.6 is 0 Å². The normalized spacial score (nSPS) is 15.7. The van der Waals surface area contributed by atoms with Gasteiger partial charge in [-0.25, -0.2) is 4.99 Å². The maximum absolute atomic E-state index is 9.00. The second-order valence-electron chi connectivity index (χ2n) is 8.25. The number of guanidine groups is 1. The van der Waals surface area contributed by atoms with E-state index in [1.807, 2.05) is 12.1 Å². The number of carboxylic acid groups (broad SMARTS) is 1. The van der Waals surface area contributed by atoms with E-state index in [1.165, 1.54) is 22.3 Å². The van der Waals surface area contributed by atoms with Crippen molar-refractivity contribution in [1.82, 2.24) is 4.90 Å². The van der Waals surface area contributed by atoms with Crippen LogP contribution in [0.15, 0.2) is 77.8 Å². The van der Waals surface area contributed by atoms with Crippen molar-refractivity contribution >= 4 is 17.6 Å². The first-order valence-corrected chi connectivity index (χ1v) is 11.1. The highest BCUT2D eigenvalue weighted by Gasteiger charge is 2.26. The minimum Gasteiger partial charge on any atom is -0.496 e. The fraction of sp³-hybridized carbons (Fsp3) is 0.259. The lowest BCUT2D eigenvalue weighted by Gasteiger charge is -2.33. The average molecular weight is 444 g/mol. The van der Waals surface area contributed by atoms with Gasteiger partial charge in [0, 0.05) is 31.3 Å². The second kappa shape index (κ2) is 10.2. The molecule has 0 spiro atoms. The van der Waals surface area contributed by atoms with Crippen molar-refractivity contribution in [1.29, 1.82) is 0 Å². The maximum atomic E-state index is 9.00. The summed E-state index contributed by atoms with van der Waals surface area (Å²) in [6.45, 7) is 2.67. The molecule has 5 rings (SSSR count). The molecule has 33 heavy (non-hydrogen) atoms. The molecule has 6 heteroatoms. The number of methoxy groups -OCH3 is 1. The second-order valence-corrected chi connectivity index (χ2v) is 8.25. The van der Waals surface area contributed by atoms with Crippen LogP contribution in [0.3, 0.4) is 0 Å². The third kappa shape index (κ3) is 5.52. The number of anilines is 1. The van der Waals surface area contributed by atoms with Crippen molar-refractivity contribution < 1.29 is 14.6 Å². The van der Waals surface area contributed by atoms with Crippen molar-refractivity contribution in [2.24, 2.45) is 4.99 Å². The van der Waals surface area contributed by atoms with E-state index in [1.54, 1.807) is 7.11 Å². The van der Waals surface area contributed by atoms with Gasteiger partial charge in [0.2, 0.25) is 0 Å². The molecule has 3 aromatic carbocycles. The van der Waals surface area contributed by atoms with Gasteiger partial charge in [0.15, 0.2) is 5.96 Å². The number of hydrogen-bond acceptors (Lipinski definition) is 3. The standard InChI is InChI=1S/C25H25N3O.C2H4O2/c1-29-24-13-7-5-11-21(24)17-28-16-20-10-4-6-12-23(20)27-25(28)26-22-14-18-8-2-3-9-19(18)15-22;1-2(3)4/h2-13,22H,14-17H2,1H3,(H,26,27);1H3,(H,3,4). The van der Waals surface area contributed by atoms with E-state index in [0.717, 1.165) is 50.3 Å². The summed E-state index contributed by atoms with van der Waals surface area (Å²) in [5, 5.41) is 11.0. The molecule has 0 saturated carbocycles. The molecule has 0 fully saturated rings. The number of rotatable bonds is 4. The lowest BCUT2D eigenvalue weighted by Crippen LogP contribution is -2.40. The van der Waals surface area contributed by atoms with Crippen molar-refractivity contribution in [2.45, 2.75) is 38.9 Å². The summed E-state index contributed by atoms with van der Waals surface area (Å²) >= 11 is 0. The Hall–Kier alpha value is -3.80. The SMILES string of the molecule is CC(=O)O.COc1ccccc1CN1Cc2ccccc2NC1=NC1Cc2ccccc2C1. The molecular weight excluding hydrogens is 414 g/mol. The Morgan fingerprint density at radius 3 is 2.24 bits per heavy atom. The maximum Gasteiger partial charge on any atom is 0.300 e. The highest BCUT2D eigenvalue weighted by atomic mass is 16.5. The Labute approximate surface area is 194 Å². The number of hydrogen-bond donors (Lipinski definition) is 2. The van der Waals surface area contributed by atoms with Gasteiger partial charge >= 0.3 is 0 Å². The Kier molecular flexibility index (Phi) is 6.93. The number of carboxylic acids is 1. The van der Waals surface area contributed by atoms with Crippen LogP contribution in [0.4, 0.5) is 5.69 Å². The zero-order chi connectivity index (χ0) is 23.2. The van der Waals surface area contributed by atoms with Crippen LogP contribution in [-0.2, 0) is 30.7 Å². The molecule has 2 aliphatic rings. The van der Waals surface area contributed by atoms with Crippen molar-refractivity contribution in [3.05, 3.63) is 95.1 Å². The molecule has 0 amide bonds. The Morgan fingerprint density at radius 1 is 1.00 bits per heavy atom. The molecule has 0 aromatic heterocycles. The van der Waals surface area contributed by atoms with Crippen molar-refractivity contribution in [3.8, 4) is 5.75 Å². The summed E-state index contributed by atoms with van der Waals surface area (Å²) in [4.78, 5) is 16.5. The summed E-state index contributed by atoms with van der Waals surface area (Å²) in [6.07, 6.45) is 2.01. The van der Waals surface area contributed by atoms with Gasteiger partial charge in [-0.3, -0.25) is 4.79 Å². The highest BCUT2D eigenvalue weighted by Crippen LogP contribution is 2.29. The molecular formula is C27H29N3O3. The highest BCUT2D eigenvalue weighted by molar-refractivity contribution is 5.96. The van der Waals surface area contributed by atoms with Gasteiger partial charge in [0.25, 0.3) is 5.97 Å². The van der Waals surface area contributed by atoms with Crippen LogP contribution < -0.4 is 10.1 Å². The smallest absolute Gasteiger partial charge is 0.300 e. The van der Waals surface area contributed by atoms with Gasteiger partial charge in [0.05, 0.1) is 13.2 Å². The van der Waals surface area contributed by atoms with Gasteiger partial charge in [0.1, 0.15) is 5.75 Å². The first-order chi connectivity index (χ1) is 16.0. The van der Waals surface area contributed by atoms with Crippen molar-refractivity contribution in [3.63, 3.8) is 0 Å². The molecule has 0 atom stereocenters. The van der Waals surface area contributed by atoms with E-state index in [-0.39, 0.29) is 6.04 Å². The lowest BCUT2D eigenvalue weighted by atomic mass is 10.1. The molecule has 2 N–H and O–H groups in total. The van der Waals surface area contributed by atoms with E-state index >= 15 is 0 Å². The number of para-hydroxylation sites is 2. The number of aliphatic imine (C=N–C) groups is 1. The average Bonchev–Trinajstić information content (AvgIpc) is 3.22. The topological polar surface area (TPSA) is 74.2 Å². The third-order valence-corrected chi connectivity index (χ3v) is 5.81. The zero-order valence-electron chi connectivity index (χ0n) is 19.0. The Morgan fingerprint density at radius 2 is 1.58 bits per heavy atom. The summed E-state index contributed by atoms with van der Waals surface area (Å²) < 4.78 is 5.58. The molecule has 1 heterocycles. The van der Waals surface area contributed by atoms with Crippen LogP contribution in [0.2, 0.25) is 0 Å². The fourth-order valence-corrected chi connectivity index (χ4v) is 4.34. The minimum atomic E-state index is -0.833. The van der Waals surface area contributed by atoms with E-state index in [4.69, 9.17) is 19.6 Å². The summed E-state index contributed by atoms with van der Waals surface area (Å²) in [5.41, 5.74) is 6.45. The molecule has 0 bridgehead atoms. The molecule has 1 aliphatic heterocycles. The number of carbonyl (C=O) groups is 1. The number of aliphatic carboxylic acids is 1. The fourth-order valence-electron chi connectivity index (χ4n) is 4.34. The number of nitrogens with one attached hydrogen (secondary N) is 1. The zero-order valence-corrected chi connectivity index (χ0v) is 19.0. The van der Waals surface area contributed by atoms with E-state index < -0.39 is 5.97 Å². The number of nitrogens with zero attached hydrogens (tertiary/aromatic N) is 2. The molecule has 3 aromatic rings. The number of benzene rings is 3. The molecule has 1 aliphatic carbocycles. The molecule has 170 valence electrons. The molecule has 0 saturated heterocycles. The van der Waals surface area contributed by atoms with Crippen LogP contribution in [0, 0.1) is 0 Å². The monoisotopic (exact) mass is 443 g/mol. The lowest BCUT2D eigenvalue weighted by molar-refractivity contribution is -0.134. The van der Waals surface area contributed by atoms with E-state index in [9.17, 15) is 0 Å². The number of ether oxygens (including phenoxy) is 1. The van der Waals surface area contributed by atoms with Crippen LogP contribution in [0.25, 0.3) is 0 Å². The van der Waals surface area contributed by atoms with Gasteiger partial charge in [-0.05, 0) is 41.7 Å². The summed E-state index contributed by atoms with van der Waals surface area (Å²) in [6, 6.07) is 25.7. The van der Waals surface area contributed by atoms with Crippen LogP contribution in [0.1, 0.15) is 29.2 Å². The van der Waals surface area contributed by atoms with Crippen LogP contribution in [-0.4, -0.2) is 35.1 Å². The largest absolute Gasteiger partial charge is 0.496 e. The Bertz CT molecular complexity index is 1130. The minimum absolute atomic E-state index is 0.278. The predicted octanol–water partition coefficient (Wildman–Crippen LogP) is 4.74. The number of fused-ring (bicyclic) bond motifs is 2. The summed E-state index contributed by atoms with van der Waals surface area (Å²) in [7, 11) is 1.73. The predicted molar refractivity (Wildman–Crippen MR) is 131 cm³/mol. The van der Waals surface area contributed by atoms with Gasteiger partial charge in [-0.1, -0.05) is 60.7 Å². The van der Waals surface area contributed by atoms with E-state index in [0.29, 0.717) is 0 Å².